The minimum absolute atomic E-state index is 0.0656. The number of hydrogen-bond acceptors (Lipinski definition) is 4. The van der Waals surface area contributed by atoms with Gasteiger partial charge in [-0.1, -0.05) is 6.92 Å². The van der Waals surface area contributed by atoms with E-state index < -0.39 is 10.0 Å². The lowest BCUT2D eigenvalue weighted by Gasteiger charge is -2.32. The summed E-state index contributed by atoms with van der Waals surface area (Å²) in [6.07, 6.45) is 3.23. The van der Waals surface area contributed by atoms with Crippen LogP contribution in [0.4, 0.5) is 0 Å². The van der Waals surface area contributed by atoms with Crippen LogP contribution in [0.5, 0.6) is 0 Å². The Morgan fingerprint density at radius 3 is 2.83 bits per heavy atom. The van der Waals surface area contributed by atoms with Crippen LogP contribution in [0.15, 0.2) is 0 Å². The van der Waals surface area contributed by atoms with Gasteiger partial charge in [-0.2, -0.15) is 0 Å². The van der Waals surface area contributed by atoms with Gasteiger partial charge in [0, 0.05) is 13.1 Å². The molecule has 0 aromatic heterocycles. The summed E-state index contributed by atoms with van der Waals surface area (Å²) >= 11 is 0. The number of piperidine rings is 1. The summed E-state index contributed by atoms with van der Waals surface area (Å²) in [5.74, 6) is 0.0215. The fourth-order valence-electron chi connectivity index (χ4n) is 2.13. The van der Waals surface area contributed by atoms with Gasteiger partial charge in [0.15, 0.2) is 0 Å². The Morgan fingerprint density at radius 1 is 1.50 bits per heavy atom. The maximum atomic E-state index is 12.1. The van der Waals surface area contributed by atoms with Crippen molar-refractivity contribution < 1.29 is 13.2 Å². The predicted octanol–water partition coefficient (Wildman–Crippen LogP) is -0.344. The third-order valence-corrected chi connectivity index (χ3v) is 3.89. The lowest BCUT2D eigenvalue weighted by atomic mass is 10.0. The van der Waals surface area contributed by atoms with Gasteiger partial charge >= 0.3 is 0 Å². The molecule has 106 valence electrons. The van der Waals surface area contributed by atoms with Gasteiger partial charge in [-0.3, -0.25) is 4.79 Å². The smallest absolute Gasteiger partial charge is 0.239 e. The van der Waals surface area contributed by atoms with E-state index in [4.69, 9.17) is 5.14 Å². The van der Waals surface area contributed by atoms with Crippen LogP contribution in [0.25, 0.3) is 0 Å². The highest BCUT2D eigenvalue weighted by molar-refractivity contribution is 7.89. The van der Waals surface area contributed by atoms with Crippen molar-refractivity contribution in [2.75, 3.05) is 25.4 Å². The number of hydrogen-bond donors (Lipinski definition) is 2. The number of sulfonamides is 1. The van der Waals surface area contributed by atoms with Crippen LogP contribution in [-0.4, -0.2) is 50.7 Å². The summed E-state index contributed by atoms with van der Waals surface area (Å²) in [6.45, 7) is 4.08. The van der Waals surface area contributed by atoms with Crippen LogP contribution in [-0.2, 0) is 14.8 Å². The number of nitrogens with one attached hydrogen (secondary N) is 1. The fraction of sp³-hybridized carbons (Fsp3) is 0.909. The standard InChI is InChI=1S/C11H23N3O3S/c1-2-6-13-10-5-3-7-14(11(10)15)8-4-9-18(12,16)17/h10,13H,2-9H2,1H3,(H2,12,16,17). The van der Waals surface area contributed by atoms with Crippen LogP contribution < -0.4 is 10.5 Å². The van der Waals surface area contributed by atoms with Gasteiger partial charge in [0.1, 0.15) is 0 Å². The molecule has 18 heavy (non-hydrogen) atoms. The number of nitrogens with zero attached hydrogens (tertiary/aromatic N) is 1. The second-order valence-corrected chi connectivity index (χ2v) is 6.43. The van der Waals surface area contributed by atoms with E-state index in [0.29, 0.717) is 19.5 Å². The van der Waals surface area contributed by atoms with Crippen molar-refractivity contribution in [2.45, 2.75) is 38.6 Å². The van der Waals surface area contributed by atoms with E-state index in [1.807, 2.05) is 0 Å². The van der Waals surface area contributed by atoms with Crippen molar-refractivity contribution >= 4 is 15.9 Å². The number of rotatable bonds is 7. The molecule has 1 atom stereocenters. The third kappa shape index (κ3) is 5.32. The molecule has 1 fully saturated rings. The molecule has 0 saturated carbocycles. The van der Waals surface area contributed by atoms with E-state index >= 15 is 0 Å². The van der Waals surface area contributed by atoms with Crippen LogP contribution in [0.2, 0.25) is 0 Å². The molecular formula is C11H23N3O3S. The third-order valence-electron chi connectivity index (χ3n) is 3.03. The van der Waals surface area contributed by atoms with Gasteiger partial charge < -0.3 is 10.2 Å². The highest BCUT2D eigenvalue weighted by Crippen LogP contribution is 2.12. The maximum Gasteiger partial charge on any atom is 0.239 e. The molecule has 1 unspecified atom stereocenters. The van der Waals surface area contributed by atoms with Gasteiger partial charge in [0.25, 0.3) is 0 Å². The molecule has 1 heterocycles. The largest absolute Gasteiger partial charge is 0.341 e. The van der Waals surface area contributed by atoms with E-state index in [1.54, 1.807) is 4.90 Å². The first-order valence-electron chi connectivity index (χ1n) is 6.46. The summed E-state index contributed by atoms with van der Waals surface area (Å²) in [5, 5.41) is 8.16. The minimum Gasteiger partial charge on any atom is -0.341 e. The average molecular weight is 277 g/mol. The van der Waals surface area contributed by atoms with Crippen molar-refractivity contribution in [1.82, 2.24) is 10.2 Å². The van der Waals surface area contributed by atoms with E-state index in [-0.39, 0.29) is 17.7 Å². The Labute approximate surface area is 109 Å². The minimum atomic E-state index is -3.42. The Bertz CT molecular complexity index is 370. The Hall–Kier alpha value is -0.660. The second-order valence-electron chi connectivity index (χ2n) is 4.69. The zero-order valence-electron chi connectivity index (χ0n) is 10.9. The summed E-state index contributed by atoms with van der Waals surface area (Å²) in [5.41, 5.74) is 0. The van der Waals surface area contributed by atoms with E-state index in [0.717, 1.165) is 25.8 Å². The van der Waals surface area contributed by atoms with Crippen LogP contribution >= 0.6 is 0 Å². The first-order chi connectivity index (χ1) is 8.44. The Kier molecular flexibility index (Phi) is 6.04. The van der Waals surface area contributed by atoms with Crippen molar-refractivity contribution in [3.05, 3.63) is 0 Å². The van der Waals surface area contributed by atoms with Crippen molar-refractivity contribution in [3.63, 3.8) is 0 Å². The maximum absolute atomic E-state index is 12.1. The Balaban J connectivity index is 2.38. The zero-order chi connectivity index (χ0) is 13.6. The summed E-state index contributed by atoms with van der Waals surface area (Å²) in [4.78, 5) is 13.8. The molecule has 1 rings (SSSR count). The van der Waals surface area contributed by atoms with Crippen molar-refractivity contribution in [2.24, 2.45) is 5.14 Å². The molecule has 0 aromatic carbocycles. The average Bonchev–Trinajstić information content (AvgIpc) is 2.28. The summed E-state index contributed by atoms with van der Waals surface area (Å²) in [7, 11) is -3.42. The monoisotopic (exact) mass is 277 g/mol. The molecule has 0 spiro atoms. The van der Waals surface area contributed by atoms with Gasteiger partial charge in [-0.05, 0) is 32.2 Å². The second kappa shape index (κ2) is 7.06. The highest BCUT2D eigenvalue weighted by atomic mass is 32.2. The lowest BCUT2D eigenvalue weighted by molar-refractivity contribution is -0.135. The van der Waals surface area contributed by atoms with Gasteiger partial charge in [0.05, 0.1) is 11.8 Å². The fourth-order valence-corrected chi connectivity index (χ4v) is 2.66. The number of carbonyl (C=O) groups excluding carboxylic acids is 1. The quantitative estimate of drug-likeness (QED) is 0.665. The predicted molar refractivity (Wildman–Crippen MR) is 70.5 cm³/mol. The Morgan fingerprint density at radius 2 is 2.22 bits per heavy atom. The first kappa shape index (κ1) is 15.4. The van der Waals surface area contributed by atoms with Crippen molar-refractivity contribution in [3.8, 4) is 0 Å². The molecule has 1 saturated heterocycles. The molecule has 1 aliphatic rings. The topological polar surface area (TPSA) is 92.5 Å². The van der Waals surface area contributed by atoms with Crippen molar-refractivity contribution in [1.29, 1.82) is 0 Å². The molecule has 1 amide bonds. The van der Waals surface area contributed by atoms with Crippen LogP contribution in [0.1, 0.15) is 32.6 Å². The van der Waals surface area contributed by atoms with E-state index in [1.165, 1.54) is 0 Å². The number of primary sulfonamides is 1. The summed E-state index contributed by atoms with van der Waals surface area (Å²) < 4.78 is 21.6. The zero-order valence-corrected chi connectivity index (χ0v) is 11.7. The molecule has 3 N–H and O–H groups in total. The number of carbonyl (C=O) groups is 1. The number of likely N-dealkylation sites (tertiary alicyclic amines) is 1. The first-order valence-corrected chi connectivity index (χ1v) is 8.18. The SMILES string of the molecule is CCCNC1CCCN(CCCS(N)(=O)=O)C1=O. The summed E-state index contributed by atoms with van der Waals surface area (Å²) in [6, 6.07) is -0.104. The molecule has 0 bridgehead atoms. The molecule has 6 nitrogen and oxygen atoms in total. The molecule has 0 radical (unpaired) electrons. The van der Waals surface area contributed by atoms with E-state index in [2.05, 4.69) is 12.2 Å². The number of nitrogens with two attached hydrogens (primary N) is 1. The molecule has 0 aromatic rings. The van der Waals surface area contributed by atoms with Crippen LogP contribution in [0.3, 0.4) is 0 Å². The molecular weight excluding hydrogens is 254 g/mol. The lowest BCUT2D eigenvalue weighted by Crippen LogP contribution is -2.51. The van der Waals surface area contributed by atoms with Gasteiger partial charge in [-0.15, -0.1) is 0 Å². The highest BCUT2D eigenvalue weighted by Gasteiger charge is 2.27. The number of amides is 1. The van der Waals surface area contributed by atoms with E-state index in [9.17, 15) is 13.2 Å². The van der Waals surface area contributed by atoms with Gasteiger partial charge in [-0.25, -0.2) is 13.6 Å². The molecule has 1 aliphatic heterocycles. The van der Waals surface area contributed by atoms with Gasteiger partial charge in [0.2, 0.25) is 15.9 Å². The normalized spacial score (nSPS) is 21.3. The molecule has 0 aliphatic carbocycles. The van der Waals surface area contributed by atoms with Crippen LogP contribution in [0, 0.1) is 0 Å². The molecule has 7 heteroatoms.